The van der Waals surface area contributed by atoms with Crippen molar-refractivity contribution in [3.63, 3.8) is 0 Å². The van der Waals surface area contributed by atoms with E-state index in [9.17, 15) is 8.42 Å². The van der Waals surface area contributed by atoms with Crippen LogP contribution in [0, 0.1) is 6.92 Å². The van der Waals surface area contributed by atoms with Crippen molar-refractivity contribution in [1.82, 2.24) is 10.0 Å². The van der Waals surface area contributed by atoms with Crippen LogP contribution in [-0.4, -0.2) is 27.5 Å². The largest absolute Gasteiger partial charge is 0.315 e. The van der Waals surface area contributed by atoms with Gasteiger partial charge in [0.2, 0.25) is 10.0 Å². The average molecular weight is 275 g/mol. The Morgan fingerprint density at radius 2 is 2.24 bits per heavy atom. The maximum atomic E-state index is 12.1. The van der Waals surface area contributed by atoms with Gasteiger partial charge in [-0.05, 0) is 31.5 Å². The predicted octanol–water partition coefficient (Wildman–Crippen LogP) is 1.29. The van der Waals surface area contributed by atoms with E-state index >= 15 is 0 Å². The van der Waals surface area contributed by atoms with Gasteiger partial charge in [-0.2, -0.15) is 0 Å². The Kier molecular flexibility index (Phi) is 3.73. The standard InChI is InChI=1S/C11H15ClN2O2S/c1-8-3-2-4-10(11(8)12)17(15,16)14-9-5-6-13-7-9/h2-4,9,13-14H,5-7H2,1H3/t9-/m0/s1. The lowest BCUT2D eigenvalue weighted by atomic mass is 10.2. The SMILES string of the molecule is Cc1cccc(S(=O)(=O)N[C@H]2CCNC2)c1Cl. The molecule has 1 aliphatic heterocycles. The summed E-state index contributed by atoms with van der Waals surface area (Å²) >= 11 is 6.03. The zero-order chi connectivity index (χ0) is 12.5. The van der Waals surface area contributed by atoms with E-state index in [1.54, 1.807) is 19.1 Å². The van der Waals surface area contributed by atoms with Gasteiger partial charge in [-0.3, -0.25) is 0 Å². The van der Waals surface area contributed by atoms with Gasteiger partial charge in [0, 0.05) is 12.6 Å². The molecule has 0 aromatic heterocycles. The lowest BCUT2D eigenvalue weighted by Gasteiger charge is -2.13. The summed E-state index contributed by atoms with van der Waals surface area (Å²) < 4.78 is 26.9. The van der Waals surface area contributed by atoms with E-state index < -0.39 is 10.0 Å². The number of sulfonamides is 1. The minimum Gasteiger partial charge on any atom is -0.315 e. The number of rotatable bonds is 3. The second-order valence-corrected chi connectivity index (χ2v) is 6.26. The highest BCUT2D eigenvalue weighted by atomic mass is 35.5. The highest BCUT2D eigenvalue weighted by Crippen LogP contribution is 2.24. The molecule has 0 unspecified atom stereocenters. The molecule has 0 amide bonds. The smallest absolute Gasteiger partial charge is 0.242 e. The minimum absolute atomic E-state index is 0.0448. The van der Waals surface area contributed by atoms with Gasteiger partial charge in [-0.15, -0.1) is 0 Å². The summed E-state index contributed by atoms with van der Waals surface area (Å²) in [5.41, 5.74) is 0.763. The molecule has 0 radical (unpaired) electrons. The average Bonchev–Trinajstić information content (AvgIpc) is 2.73. The van der Waals surface area contributed by atoms with Crippen LogP contribution in [-0.2, 0) is 10.0 Å². The van der Waals surface area contributed by atoms with Crippen LogP contribution in [0.2, 0.25) is 5.02 Å². The van der Waals surface area contributed by atoms with Gasteiger partial charge in [0.25, 0.3) is 0 Å². The number of nitrogens with one attached hydrogen (secondary N) is 2. The monoisotopic (exact) mass is 274 g/mol. The Balaban J connectivity index is 2.28. The Labute approximate surface area is 106 Å². The number of aryl methyl sites for hydroxylation is 1. The second-order valence-electron chi connectivity index (χ2n) is 4.20. The minimum atomic E-state index is -3.52. The number of benzene rings is 1. The highest BCUT2D eigenvalue weighted by Gasteiger charge is 2.24. The molecule has 2 N–H and O–H groups in total. The molecule has 94 valence electrons. The van der Waals surface area contributed by atoms with Crippen molar-refractivity contribution in [2.75, 3.05) is 13.1 Å². The van der Waals surface area contributed by atoms with Crippen LogP contribution in [0.15, 0.2) is 23.1 Å². The summed E-state index contributed by atoms with van der Waals surface area (Å²) in [5.74, 6) is 0. The highest BCUT2D eigenvalue weighted by molar-refractivity contribution is 7.89. The normalized spacial score (nSPS) is 20.7. The summed E-state index contributed by atoms with van der Waals surface area (Å²) in [7, 11) is -3.52. The molecule has 1 aliphatic rings. The van der Waals surface area contributed by atoms with Crippen molar-refractivity contribution in [3.8, 4) is 0 Å². The van der Waals surface area contributed by atoms with Crippen molar-refractivity contribution in [1.29, 1.82) is 0 Å². The van der Waals surface area contributed by atoms with E-state index in [0.29, 0.717) is 11.6 Å². The lowest BCUT2D eigenvalue weighted by molar-refractivity contribution is 0.560. The third kappa shape index (κ3) is 2.80. The molecule has 1 heterocycles. The number of halogens is 1. The fraction of sp³-hybridized carbons (Fsp3) is 0.455. The summed E-state index contributed by atoms with van der Waals surface area (Å²) in [6.07, 6.45) is 0.808. The molecule has 2 rings (SSSR count). The van der Waals surface area contributed by atoms with Gasteiger partial charge in [0.05, 0.1) is 5.02 Å². The van der Waals surface area contributed by atoms with E-state index in [1.165, 1.54) is 6.07 Å². The summed E-state index contributed by atoms with van der Waals surface area (Å²) in [6, 6.07) is 4.97. The van der Waals surface area contributed by atoms with Crippen LogP contribution >= 0.6 is 11.6 Å². The fourth-order valence-electron chi connectivity index (χ4n) is 1.87. The Hall–Kier alpha value is -0.620. The Morgan fingerprint density at radius 3 is 2.88 bits per heavy atom. The lowest BCUT2D eigenvalue weighted by Crippen LogP contribution is -2.36. The molecule has 17 heavy (non-hydrogen) atoms. The van der Waals surface area contributed by atoms with E-state index in [-0.39, 0.29) is 10.9 Å². The Morgan fingerprint density at radius 1 is 1.47 bits per heavy atom. The van der Waals surface area contributed by atoms with Crippen LogP contribution in [0.1, 0.15) is 12.0 Å². The first-order valence-electron chi connectivity index (χ1n) is 5.49. The predicted molar refractivity (Wildman–Crippen MR) is 67.8 cm³/mol. The molecule has 0 spiro atoms. The van der Waals surface area contributed by atoms with Crippen LogP contribution < -0.4 is 10.0 Å². The van der Waals surface area contributed by atoms with Crippen LogP contribution in [0.4, 0.5) is 0 Å². The van der Waals surface area contributed by atoms with Gasteiger partial charge in [-0.25, -0.2) is 13.1 Å². The summed E-state index contributed by atoms with van der Waals surface area (Å²) in [4.78, 5) is 0.158. The molecule has 1 aromatic carbocycles. The first-order chi connectivity index (χ1) is 8.00. The van der Waals surface area contributed by atoms with Gasteiger partial charge in [-0.1, -0.05) is 23.7 Å². The van der Waals surface area contributed by atoms with Crippen LogP contribution in [0.3, 0.4) is 0 Å². The molecule has 0 saturated carbocycles. The van der Waals surface area contributed by atoms with E-state index in [4.69, 9.17) is 11.6 Å². The van der Waals surface area contributed by atoms with Crippen molar-refractivity contribution < 1.29 is 8.42 Å². The Bertz CT molecular complexity index is 510. The maximum absolute atomic E-state index is 12.1. The zero-order valence-electron chi connectivity index (χ0n) is 9.53. The molecule has 0 bridgehead atoms. The second kappa shape index (κ2) is 4.94. The molecular weight excluding hydrogens is 260 g/mol. The van der Waals surface area contributed by atoms with Gasteiger partial charge in [0.1, 0.15) is 4.90 Å². The van der Waals surface area contributed by atoms with E-state index in [2.05, 4.69) is 10.0 Å². The molecule has 1 fully saturated rings. The summed E-state index contributed by atoms with van der Waals surface area (Å²) in [6.45, 7) is 3.30. The van der Waals surface area contributed by atoms with Crippen molar-refractivity contribution in [2.45, 2.75) is 24.3 Å². The van der Waals surface area contributed by atoms with Crippen molar-refractivity contribution >= 4 is 21.6 Å². The van der Waals surface area contributed by atoms with E-state index in [0.717, 1.165) is 18.5 Å². The molecule has 1 saturated heterocycles. The van der Waals surface area contributed by atoms with E-state index in [1.807, 2.05) is 0 Å². The fourth-order valence-corrected chi connectivity index (χ4v) is 3.72. The quantitative estimate of drug-likeness (QED) is 0.873. The topological polar surface area (TPSA) is 58.2 Å². The molecule has 4 nitrogen and oxygen atoms in total. The summed E-state index contributed by atoms with van der Waals surface area (Å²) in [5, 5.41) is 3.41. The first kappa shape index (κ1) is 12.8. The maximum Gasteiger partial charge on any atom is 0.242 e. The molecule has 1 atom stereocenters. The number of hydrogen-bond acceptors (Lipinski definition) is 3. The van der Waals surface area contributed by atoms with Gasteiger partial charge < -0.3 is 5.32 Å². The van der Waals surface area contributed by atoms with Crippen LogP contribution in [0.5, 0.6) is 0 Å². The zero-order valence-corrected chi connectivity index (χ0v) is 11.1. The molecule has 1 aromatic rings. The third-order valence-electron chi connectivity index (χ3n) is 2.83. The first-order valence-corrected chi connectivity index (χ1v) is 7.35. The third-order valence-corrected chi connectivity index (χ3v) is 5.00. The molecule has 0 aliphatic carbocycles. The van der Waals surface area contributed by atoms with Crippen molar-refractivity contribution in [2.24, 2.45) is 0 Å². The molecule has 6 heteroatoms. The van der Waals surface area contributed by atoms with Gasteiger partial charge in [0.15, 0.2) is 0 Å². The number of hydrogen-bond donors (Lipinski definition) is 2. The van der Waals surface area contributed by atoms with Crippen molar-refractivity contribution in [3.05, 3.63) is 28.8 Å². The van der Waals surface area contributed by atoms with Crippen LogP contribution in [0.25, 0.3) is 0 Å². The molecular formula is C11H15ClN2O2S. The van der Waals surface area contributed by atoms with Gasteiger partial charge >= 0.3 is 0 Å².